The first-order chi connectivity index (χ1) is 17.2. The summed E-state index contributed by atoms with van der Waals surface area (Å²) in [5, 5.41) is 9.20. The molecule has 5 rings (SSSR count). The smallest absolute Gasteiger partial charge is 0.416 e. The molecule has 0 spiro atoms. The Bertz CT molecular complexity index is 1380. The molecule has 186 valence electrons. The molecule has 0 amide bonds. The molecule has 1 aliphatic heterocycles. The second kappa shape index (κ2) is 9.27. The van der Waals surface area contributed by atoms with Crippen LogP contribution in [0.3, 0.4) is 0 Å². The van der Waals surface area contributed by atoms with Crippen LogP contribution in [0.1, 0.15) is 12.5 Å². The van der Waals surface area contributed by atoms with Gasteiger partial charge in [0.15, 0.2) is 0 Å². The summed E-state index contributed by atoms with van der Waals surface area (Å²) in [5.41, 5.74) is 2.74. The van der Waals surface area contributed by atoms with E-state index >= 15 is 0 Å². The second-order valence-electron chi connectivity index (χ2n) is 8.83. The number of carboxylic acids is 1. The highest BCUT2D eigenvalue weighted by molar-refractivity contribution is 5.80. The number of aromatic amines is 1. The van der Waals surface area contributed by atoms with Crippen LogP contribution in [0.15, 0.2) is 60.8 Å². The highest BCUT2D eigenvalue weighted by Crippen LogP contribution is 2.32. The Morgan fingerprint density at radius 1 is 0.972 bits per heavy atom. The summed E-state index contributed by atoms with van der Waals surface area (Å²) in [5.74, 6) is 0.534. The molecule has 2 aromatic carbocycles. The van der Waals surface area contributed by atoms with Crippen LogP contribution in [0.4, 0.5) is 19.0 Å². The number of carboxylic acid groups (broad SMARTS) is 1. The maximum atomic E-state index is 13.0. The molecular weight excluding hydrogens is 471 g/mol. The molecule has 36 heavy (non-hydrogen) atoms. The van der Waals surface area contributed by atoms with E-state index in [1.54, 1.807) is 13.1 Å². The highest BCUT2D eigenvalue weighted by atomic mass is 19.4. The van der Waals surface area contributed by atoms with Crippen LogP contribution in [-0.4, -0.2) is 63.1 Å². The number of benzene rings is 2. The SMILES string of the molecule is CC(C(=O)O)N1CCN(c2ccc(-c3ccc(-c4nc5ccc(C(F)(F)F)cc5[nH]4)cc3)cn2)CC1. The Hall–Kier alpha value is -3.92. The number of H-pyrrole nitrogens is 1. The van der Waals surface area contributed by atoms with Crippen LogP contribution in [0.5, 0.6) is 0 Å². The minimum absolute atomic E-state index is 0.335. The van der Waals surface area contributed by atoms with Crippen molar-refractivity contribution in [3.8, 4) is 22.5 Å². The summed E-state index contributed by atoms with van der Waals surface area (Å²) in [6.07, 6.45) is -2.60. The maximum Gasteiger partial charge on any atom is 0.416 e. The van der Waals surface area contributed by atoms with Gasteiger partial charge in [0.2, 0.25) is 0 Å². The first-order valence-electron chi connectivity index (χ1n) is 11.5. The first-order valence-corrected chi connectivity index (χ1v) is 11.5. The molecule has 7 nitrogen and oxygen atoms in total. The summed E-state index contributed by atoms with van der Waals surface area (Å²) in [4.78, 5) is 27.3. The number of anilines is 1. The van der Waals surface area contributed by atoms with Gasteiger partial charge < -0.3 is 15.0 Å². The van der Waals surface area contributed by atoms with Crippen molar-refractivity contribution in [1.29, 1.82) is 0 Å². The standard InChI is InChI=1S/C26H24F3N5O2/c1-16(25(35)36)33-10-12-34(13-11-33)23-9-6-19(15-30-23)17-2-4-18(5-3-17)24-31-21-8-7-20(26(27,28)29)14-22(21)32-24/h2-9,14-16H,10-13H2,1H3,(H,31,32)(H,35,36). The number of halogens is 3. The van der Waals surface area contributed by atoms with Crippen molar-refractivity contribution in [2.45, 2.75) is 19.1 Å². The lowest BCUT2D eigenvalue weighted by molar-refractivity contribution is -0.142. The summed E-state index contributed by atoms with van der Waals surface area (Å²) in [6.45, 7) is 4.45. The molecule has 0 saturated carbocycles. The number of pyridine rings is 1. The van der Waals surface area contributed by atoms with Crippen LogP contribution >= 0.6 is 0 Å². The fourth-order valence-electron chi connectivity index (χ4n) is 4.38. The fourth-order valence-corrected chi connectivity index (χ4v) is 4.38. The van der Waals surface area contributed by atoms with Crippen molar-refractivity contribution in [3.63, 3.8) is 0 Å². The summed E-state index contributed by atoms with van der Waals surface area (Å²) < 4.78 is 39.0. The van der Waals surface area contributed by atoms with Gasteiger partial charge in [0.25, 0.3) is 0 Å². The molecule has 1 fully saturated rings. The molecule has 1 saturated heterocycles. The van der Waals surface area contributed by atoms with Crippen LogP contribution < -0.4 is 4.90 Å². The number of imidazole rings is 1. The molecule has 10 heteroatoms. The number of hydrogen-bond acceptors (Lipinski definition) is 5. The molecule has 4 aromatic rings. The van der Waals surface area contributed by atoms with E-state index in [0.29, 0.717) is 43.0 Å². The van der Waals surface area contributed by atoms with Gasteiger partial charge in [-0.3, -0.25) is 9.69 Å². The van der Waals surface area contributed by atoms with Gasteiger partial charge in [-0.15, -0.1) is 0 Å². The van der Waals surface area contributed by atoms with Crippen molar-refractivity contribution in [1.82, 2.24) is 19.9 Å². The van der Waals surface area contributed by atoms with E-state index in [2.05, 4.69) is 19.9 Å². The molecule has 1 atom stereocenters. The lowest BCUT2D eigenvalue weighted by Gasteiger charge is -2.37. The normalized spacial score (nSPS) is 15.8. The van der Waals surface area contributed by atoms with E-state index in [9.17, 15) is 23.1 Å². The maximum absolute atomic E-state index is 13.0. The van der Waals surface area contributed by atoms with Gasteiger partial charge in [-0.2, -0.15) is 13.2 Å². The first kappa shape index (κ1) is 23.8. The predicted molar refractivity (Wildman–Crippen MR) is 131 cm³/mol. The third-order valence-corrected chi connectivity index (χ3v) is 6.59. The summed E-state index contributed by atoms with van der Waals surface area (Å²) in [6, 6.07) is 14.5. The van der Waals surface area contributed by atoms with Crippen LogP contribution in [-0.2, 0) is 11.0 Å². The number of nitrogens with one attached hydrogen (secondary N) is 1. The Kier molecular flexibility index (Phi) is 6.13. The number of nitrogens with zero attached hydrogens (tertiary/aromatic N) is 4. The number of aromatic nitrogens is 3. The number of piperazine rings is 1. The van der Waals surface area contributed by atoms with Gasteiger partial charge >= 0.3 is 12.1 Å². The minimum atomic E-state index is -4.40. The van der Waals surface area contributed by atoms with E-state index in [-0.39, 0.29) is 0 Å². The van der Waals surface area contributed by atoms with E-state index in [0.717, 1.165) is 34.6 Å². The third kappa shape index (κ3) is 4.76. The van der Waals surface area contributed by atoms with Crippen molar-refractivity contribution in [2.75, 3.05) is 31.1 Å². The monoisotopic (exact) mass is 495 g/mol. The lowest BCUT2D eigenvalue weighted by Crippen LogP contribution is -2.51. The average molecular weight is 496 g/mol. The van der Waals surface area contributed by atoms with Crippen molar-refractivity contribution in [2.24, 2.45) is 0 Å². The predicted octanol–water partition coefficient (Wildman–Crippen LogP) is 4.91. The Balaban J connectivity index is 1.27. The van der Waals surface area contributed by atoms with Crippen LogP contribution in [0, 0.1) is 0 Å². The number of hydrogen-bond donors (Lipinski definition) is 2. The van der Waals surface area contributed by atoms with E-state index in [1.807, 2.05) is 41.3 Å². The van der Waals surface area contributed by atoms with Gasteiger partial charge in [-0.1, -0.05) is 24.3 Å². The summed E-state index contributed by atoms with van der Waals surface area (Å²) in [7, 11) is 0. The molecule has 0 radical (unpaired) electrons. The average Bonchev–Trinajstić information content (AvgIpc) is 3.32. The van der Waals surface area contributed by atoms with Crippen LogP contribution in [0.25, 0.3) is 33.5 Å². The van der Waals surface area contributed by atoms with Gasteiger partial charge in [0.05, 0.1) is 16.6 Å². The molecule has 0 aliphatic carbocycles. The van der Waals surface area contributed by atoms with Gasteiger partial charge in [-0.25, -0.2) is 9.97 Å². The number of alkyl halides is 3. The van der Waals surface area contributed by atoms with Gasteiger partial charge in [0, 0.05) is 43.5 Å². The van der Waals surface area contributed by atoms with Gasteiger partial charge in [-0.05, 0) is 42.8 Å². The molecule has 3 heterocycles. The highest BCUT2D eigenvalue weighted by Gasteiger charge is 2.31. The second-order valence-corrected chi connectivity index (χ2v) is 8.83. The zero-order valence-corrected chi connectivity index (χ0v) is 19.5. The Morgan fingerprint density at radius 2 is 1.64 bits per heavy atom. The third-order valence-electron chi connectivity index (χ3n) is 6.59. The summed E-state index contributed by atoms with van der Waals surface area (Å²) >= 11 is 0. The fraction of sp³-hybridized carbons (Fsp3) is 0.269. The lowest BCUT2D eigenvalue weighted by atomic mass is 10.1. The molecule has 2 N–H and O–H groups in total. The van der Waals surface area contributed by atoms with Crippen LogP contribution in [0.2, 0.25) is 0 Å². The Labute approximate surface area is 205 Å². The number of fused-ring (bicyclic) bond motifs is 1. The Morgan fingerprint density at radius 3 is 2.25 bits per heavy atom. The van der Waals surface area contributed by atoms with Crippen molar-refractivity contribution in [3.05, 3.63) is 66.4 Å². The molecule has 2 aromatic heterocycles. The van der Waals surface area contributed by atoms with Crippen molar-refractivity contribution < 1.29 is 23.1 Å². The molecule has 1 unspecified atom stereocenters. The number of carbonyl (C=O) groups is 1. The number of aliphatic carboxylic acids is 1. The van der Waals surface area contributed by atoms with Crippen molar-refractivity contribution >= 4 is 22.8 Å². The molecular formula is C26H24F3N5O2. The van der Waals surface area contributed by atoms with E-state index in [1.165, 1.54) is 6.07 Å². The largest absolute Gasteiger partial charge is 0.480 e. The van der Waals surface area contributed by atoms with E-state index in [4.69, 9.17) is 0 Å². The topological polar surface area (TPSA) is 85.4 Å². The van der Waals surface area contributed by atoms with Gasteiger partial charge in [0.1, 0.15) is 17.7 Å². The minimum Gasteiger partial charge on any atom is -0.480 e. The quantitative estimate of drug-likeness (QED) is 0.410. The molecule has 1 aliphatic rings. The zero-order valence-electron chi connectivity index (χ0n) is 19.5. The molecule has 0 bridgehead atoms. The van der Waals surface area contributed by atoms with E-state index < -0.39 is 23.8 Å². The zero-order chi connectivity index (χ0) is 25.4. The number of rotatable bonds is 5.